The molecular formula is C27H48O2. The summed E-state index contributed by atoms with van der Waals surface area (Å²) in [6.45, 7) is 12.0. The fraction of sp³-hybridized carbons (Fsp3) is 1.00. The van der Waals surface area contributed by atoms with Crippen molar-refractivity contribution in [3.63, 3.8) is 0 Å². The van der Waals surface area contributed by atoms with E-state index in [0.717, 1.165) is 37.0 Å². The molecule has 0 saturated heterocycles. The number of rotatable bonds is 6. The number of hydrogen-bond donors (Lipinski definition) is 2. The van der Waals surface area contributed by atoms with E-state index in [2.05, 4.69) is 34.6 Å². The second-order valence-corrected chi connectivity index (χ2v) is 12.4. The minimum atomic E-state index is -0.407. The first kappa shape index (κ1) is 22.1. The molecule has 0 spiro atoms. The third kappa shape index (κ3) is 3.73. The maximum atomic E-state index is 11.0. The van der Waals surface area contributed by atoms with E-state index in [1.165, 1.54) is 57.8 Å². The van der Waals surface area contributed by atoms with E-state index in [1.54, 1.807) is 0 Å². The zero-order chi connectivity index (χ0) is 21.0. The van der Waals surface area contributed by atoms with Gasteiger partial charge in [-0.25, -0.2) is 0 Å². The van der Waals surface area contributed by atoms with Gasteiger partial charge in [-0.05, 0) is 117 Å². The van der Waals surface area contributed by atoms with Crippen molar-refractivity contribution in [3.05, 3.63) is 0 Å². The molecule has 0 bridgehead atoms. The Morgan fingerprint density at radius 1 is 0.897 bits per heavy atom. The Morgan fingerprint density at radius 3 is 2.21 bits per heavy atom. The third-order valence-corrected chi connectivity index (χ3v) is 11.3. The SMILES string of the molecule is CC[C@@H]1C[C@@](O)(CC)CC[C@]1(C)[C@H]1CC[C@@]2(C)[C@@H](CC[C@@H]2[C@H](C)[C@H](O)C2CC2)C1. The average Bonchev–Trinajstić information content (AvgIpc) is 3.50. The quantitative estimate of drug-likeness (QED) is 0.524. The second-order valence-electron chi connectivity index (χ2n) is 12.4. The van der Waals surface area contributed by atoms with Gasteiger partial charge in [0.2, 0.25) is 0 Å². The van der Waals surface area contributed by atoms with E-state index in [9.17, 15) is 10.2 Å². The fourth-order valence-electron chi connectivity index (χ4n) is 8.60. The Hall–Kier alpha value is -0.0800. The Kier molecular flexibility index (Phi) is 5.95. The molecule has 168 valence electrons. The van der Waals surface area contributed by atoms with E-state index in [0.29, 0.717) is 28.6 Å². The highest BCUT2D eigenvalue weighted by atomic mass is 16.3. The van der Waals surface area contributed by atoms with Gasteiger partial charge in [0.05, 0.1) is 11.7 Å². The Morgan fingerprint density at radius 2 is 1.59 bits per heavy atom. The van der Waals surface area contributed by atoms with Crippen molar-refractivity contribution in [1.82, 2.24) is 0 Å². The van der Waals surface area contributed by atoms with Crippen molar-refractivity contribution >= 4 is 0 Å². The van der Waals surface area contributed by atoms with Crippen LogP contribution >= 0.6 is 0 Å². The van der Waals surface area contributed by atoms with Gasteiger partial charge >= 0.3 is 0 Å². The molecule has 29 heavy (non-hydrogen) atoms. The molecule has 9 atom stereocenters. The molecule has 2 heteroatoms. The van der Waals surface area contributed by atoms with Crippen LogP contribution in [0.5, 0.6) is 0 Å². The van der Waals surface area contributed by atoms with Crippen molar-refractivity contribution in [2.45, 2.75) is 123 Å². The van der Waals surface area contributed by atoms with E-state index < -0.39 is 5.60 Å². The molecule has 0 aromatic rings. The van der Waals surface area contributed by atoms with Crippen LogP contribution < -0.4 is 0 Å². The minimum absolute atomic E-state index is 0.0552. The molecule has 0 amide bonds. The first-order valence-electron chi connectivity index (χ1n) is 13.1. The molecule has 0 radical (unpaired) electrons. The van der Waals surface area contributed by atoms with Gasteiger partial charge < -0.3 is 10.2 Å². The van der Waals surface area contributed by atoms with E-state index >= 15 is 0 Å². The van der Waals surface area contributed by atoms with Gasteiger partial charge in [-0.2, -0.15) is 0 Å². The summed E-state index contributed by atoms with van der Waals surface area (Å²) >= 11 is 0. The lowest BCUT2D eigenvalue weighted by molar-refractivity contribution is -0.107. The Balaban J connectivity index is 1.46. The topological polar surface area (TPSA) is 40.5 Å². The van der Waals surface area contributed by atoms with Gasteiger partial charge in [-0.1, -0.05) is 41.0 Å². The van der Waals surface area contributed by atoms with E-state index in [4.69, 9.17) is 0 Å². The maximum absolute atomic E-state index is 11.0. The number of aliphatic hydroxyl groups is 2. The summed E-state index contributed by atoms with van der Waals surface area (Å²) in [6, 6.07) is 0. The molecule has 0 aliphatic heterocycles. The van der Waals surface area contributed by atoms with Crippen molar-refractivity contribution in [2.75, 3.05) is 0 Å². The highest BCUT2D eigenvalue weighted by molar-refractivity contribution is 5.06. The highest BCUT2D eigenvalue weighted by Crippen LogP contribution is 2.64. The van der Waals surface area contributed by atoms with Gasteiger partial charge in [-0.15, -0.1) is 0 Å². The summed E-state index contributed by atoms with van der Waals surface area (Å²) in [4.78, 5) is 0. The molecular weight excluding hydrogens is 356 g/mol. The van der Waals surface area contributed by atoms with Crippen LogP contribution in [0.2, 0.25) is 0 Å². The van der Waals surface area contributed by atoms with Gasteiger partial charge in [0.25, 0.3) is 0 Å². The van der Waals surface area contributed by atoms with Gasteiger partial charge in [-0.3, -0.25) is 0 Å². The molecule has 4 aliphatic carbocycles. The van der Waals surface area contributed by atoms with Gasteiger partial charge in [0.15, 0.2) is 0 Å². The van der Waals surface area contributed by atoms with Crippen LogP contribution in [-0.2, 0) is 0 Å². The number of aliphatic hydroxyl groups excluding tert-OH is 1. The normalized spacial score (nSPS) is 50.2. The van der Waals surface area contributed by atoms with Crippen LogP contribution in [0.4, 0.5) is 0 Å². The summed E-state index contributed by atoms with van der Waals surface area (Å²) in [5, 5.41) is 21.8. The van der Waals surface area contributed by atoms with Crippen LogP contribution in [0.25, 0.3) is 0 Å². The van der Waals surface area contributed by atoms with Crippen LogP contribution in [0, 0.1) is 46.3 Å². The molecule has 4 fully saturated rings. The molecule has 0 aromatic carbocycles. The molecule has 4 aliphatic rings. The maximum Gasteiger partial charge on any atom is 0.0648 e. The molecule has 0 heterocycles. The van der Waals surface area contributed by atoms with Crippen molar-refractivity contribution < 1.29 is 10.2 Å². The van der Waals surface area contributed by atoms with Crippen molar-refractivity contribution in [3.8, 4) is 0 Å². The monoisotopic (exact) mass is 404 g/mol. The molecule has 2 N–H and O–H groups in total. The van der Waals surface area contributed by atoms with Crippen LogP contribution in [0.3, 0.4) is 0 Å². The molecule has 0 unspecified atom stereocenters. The van der Waals surface area contributed by atoms with Crippen LogP contribution in [0.1, 0.15) is 112 Å². The lowest BCUT2D eigenvalue weighted by Gasteiger charge is -2.56. The predicted molar refractivity (Wildman–Crippen MR) is 121 cm³/mol. The van der Waals surface area contributed by atoms with E-state index in [1.807, 2.05) is 0 Å². The first-order chi connectivity index (χ1) is 13.7. The zero-order valence-electron chi connectivity index (χ0n) is 19.9. The third-order valence-electron chi connectivity index (χ3n) is 11.3. The van der Waals surface area contributed by atoms with Crippen LogP contribution in [-0.4, -0.2) is 21.9 Å². The first-order valence-corrected chi connectivity index (χ1v) is 13.1. The smallest absolute Gasteiger partial charge is 0.0648 e. The summed E-state index contributed by atoms with van der Waals surface area (Å²) in [5.74, 6) is 4.14. The Labute approximate surface area is 180 Å². The summed E-state index contributed by atoms with van der Waals surface area (Å²) in [7, 11) is 0. The summed E-state index contributed by atoms with van der Waals surface area (Å²) < 4.78 is 0. The van der Waals surface area contributed by atoms with Crippen LogP contribution in [0.15, 0.2) is 0 Å². The lowest BCUT2D eigenvalue weighted by atomic mass is 9.50. The zero-order valence-corrected chi connectivity index (χ0v) is 19.9. The summed E-state index contributed by atoms with van der Waals surface area (Å²) in [5.41, 5.74) is 0.452. The average molecular weight is 405 g/mol. The van der Waals surface area contributed by atoms with Crippen molar-refractivity contribution in [1.29, 1.82) is 0 Å². The fourth-order valence-corrected chi connectivity index (χ4v) is 8.60. The van der Waals surface area contributed by atoms with Gasteiger partial charge in [0.1, 0.15) is 0 Å². The Bertz CT molecular complexity index is 585. The van der Waals surface area contributed by atoms with E-state index in [-0.39, 0.29) is 6.10 Å². The minimum Gasteiger partial charge on any atom is -0.393 e. The van der Waals surface area contributed by atoms with Crippen molar-refractivity contribution in [2.24, 2.45) is 46.3 Å². The molecule has 4 saturated carbocycles. The summed E-state index contributed by atoms with van der Waals surface area (Å²) in [6.07, 6.45) is 14.6. The van der Waals surface area contributed by atoms with Gasteiger partial charge in [0, 0.05) is 0 Å². The standard InChI is InChI=1S/C27H48O2/c1-6-20-17-27(29,7-2)15-14-25(20,4)22-12-13-26(5)21(16-22)10-11-23(26)18(3)24(28)19-8-9-19/h18-24,28-29H,6-17H2,1-5H3/t18-,20+,21-,22-,23+,24-,25-,26-,27+/m0/s1. The molecule has 4 rings (SSSR count). The predicted octanol–water partition coefficient (Wildman–Crippen LogP) is 6.58. The molecule has 2 nitrogen and oxygen atoms in total. The number of hydrogen-bond acceptors (Lipinski definition) is 2. The highest BCUT2D eigenvalue weighted by Gasteiger charge is 2.56. The number of fused-ring (bicyclic) bond motifs is 1. The second kappa shape index (κ2) is 7.80. The molecule has 0 aromatic heterocycles. The largest absolute Gasteiger partial charge is 0.393 e. The lowest BCUT2D eigenvalue weighted by Crippen LogP contribution is -2.50.